The van der Waals surface area contributed by atoms with Crippen LogP contribution in [-0.4, -0.2) is 54.2 Å². The molecule has 2 N–H and O–H groups in total. The third-order valence-corrected chi connectivity index (χ3v) is 7.67. The molecule has 0 spiro atoms. The summed E-state index contributed by atoms with van der Waals surface area (Å²) in [6.45, 7) is 25.1. The molecule has 0 aromatic rings. The Morgan fingerprint density at radius 3 is 1.88 bits per heavy atom. The van der Waals surface area contributed by atoms with Gasteiger partial charge in [-0.2, -0.15) is 0 Å². The van der Waals surface area contributed by atoms with Crippen LogP contribution >= 0.6 is 0 Å². The third kappa shape index (κ3) is 20.3. The van der Waals surface area contributed by atoms with Gasteiger partial charge in [-0.3, -0.25) is 9.59 Å². The summed E-state index contributed by atoms with van der Waals surface area (Å²) in [6, 6.07) is 0.258. The Balaban J connectivity index is 4.97. The van der Waals surface area contributed by atoms with E-state index in [1.54, 1.807) is 0 Å². The molecule has 41 heavy (non-hydrogen) atoms. The highest BCUT2D eigenvalue weighted by atomic mass is 16.5. The summed E-state index contributed by atoms with van der Waals surface area (Å²) in [5.41, 5.74) is -1.54. The third-order valence-electron chi connectivity index (χ3n) is 7.67. The molecule has 0 saturated heterocycles. The van der Waals surface area contributed by atoms with Crippen LogP contribution in [-0.2, 0) is 19.1 Å². The second-order valence-electron chi connectivity index (χ2n) is 14.3. The van der Waals surface area contributed by atoms with Gasteiger partial charge in [0, 0.05) is 32.2 Å². The number of ether oxygens (including phenoxy) is 2. The van der Waals surface area contributed by atoms with Gasteiger partial charge >= 0.3 is 0 Å². The van der Waals surface area contributed by atoms with Crippen molar-refractivity contribution in [1.29, 1.82) is 0 Å². The summed E-state index contributed by atoms with van der Waals surface area (Å²) >= 11 is 0. The zero-order valence-corrected chi connectivity index (χ0v) is 28.9. The lowest BCUT2D eigenvalue weighted by molar-refractivity contribution is -0.132. The average molecular weight is 581 g/mol. The molecule has 0 rings (SSSR count). The first-order valence-electron chi connectivity index (χ1n) is 16.5. The number of carbonyl (C=O) groups is 2. The number of nitrogens with one attached hydrogen (secondary N) is 2. The van der Waals surface area contributed by atoms with E-state index >= 15 is 0 Å². The fourth-order valence-corrected chi connectivity index (χ4v) is 4.94. The maximum Gasteiger partial charge on any atom is 0.222 e. The molecule has 242 valence electrons. The monoisotopic (exact) mass is 581 g/mol. The van der Waals surface area contributed by atoms with E-state index in [1.165, 1.54) is 0 Å². The van der Waals surface area contributed by atoms with Crippen molar-refractivity contribution in [3.05, 3.63) is 12.2 Å². The quantitative estimate of drug-likeness (QED) is 0.0841. The van der Waals surface area contributed by atoms with Crippen molar-refractivity contribution in [2.24, 2.45) is 11.8 Å². The molecule has 0 aromatic heterocycles. The first-order valence-corrected chi connectivity index (χ1v) is 16.5. The zero-order chi connectivity index (χ0) is 31.5. The van der Waals surface area contributed by atoms with Crippen LogP contribution in [0.15, 0.2) is 12.2 Å². The van der Waals surface area contributed by atoms with E-state index in [0.29, 0.717) is 44.4 Å². The molecule has 0 fully saturated rings. The Morgan fingerprint density at radius 2 is 1.37 bits per heavy atom. The van der Waals surface area contributed by atoms with E-state index in [4.69, 9.17) is 9.47 Å². The Labute approximate surface area is 254 Å². The van der Waals surface area contributed by atoms with Crippen LogP contribution in [0.1, 0.15) is 147 Å². The number of unbranched alkanes of at least 4 members (excludes halogenated alkanes) is 1. The van der Waals surface area contributed by atoms with Gasteiger partial charge in [0.2, 0.25) is 5.91 Å². The molecule has 6 heteroatoms. The van der Waals surface area contributed by atoms with E-state index in [1.807, 2.05) is 34.6 Å². The molecule has 0 saturated carbocycles. The van der Waals surface area contributed by atoms with Crippen LogP contribution in [0.4, 0.5) is 0 Å². The van der Waals surface area contributed by atoms with Gasteiger partial charge in [0.05, 0.1) is 23.2 Å². The van der Waals surface area contributed by atoms with E-state index in [0.717, 1.165) is 57.8 Å². The lowest BCUT2D eigenvalue weighted by Gasteiger charge is -2.37. The van der Waals surface area contributed by atoms with Gasteiger partial charge < -0.3 is 20.1 Å². The molecule has 0 aliphatic carbocycles. The molecule has 2 unspecified atom stereocenters. The predicted molar refractivity (Wildman–Crippen MR) is 174 cm³/mol. The highest BCUT2D eigenvalue weighted by Gasteiger charge is 2.37. The molecule has 2 atom stereocenters. The molecular weight excluding hydrogens is 512 g/mol. The molecule has 0 bridgehead atoms. The SMILES string of the molecule is CC=CCCC(C)(NC(CCC)CCCCNC(=O)CC(C)(C)OCCC(C)C)C(=O)CC(C)(C)OCCC(C)C. The number of ketones is 1. The van der Waals surface area contributed by atoms with Gasteiger partial charge in [-0.1, -0.05) is 59.6 Å². The summed E-state index contributed by atoms with van der Waals surface area (Å²) in [5, 5.41) is 6.88. The van der Waals surface area contributed by atoms with Crippen LogP contribution in [0.25, 0.3) is 0 Å². The molecule has 0 aliphatic heterocycles. The Hall–Kier alpha value is -1.24. The van der Waals surface area contributed by atoms with Crippen molar-refractivity contribution in [3.8, 4) is 0 Å². The largest absolute Gasteiger partial charge is 0.375 e. The Morgan fingerprint density at radius 1 is 0.805 bits per heavy atom. The maximum absolute atomic E-state index is 13.8. The minimum atomic E-state index is -0.604. The van der Waals surface area contributed by atoms with Crippen molar-refractivity contribution in [2.45, 2.75) is 170 Å². The topological polar surface area (TPSA) is 76.7 Å². The first-order chi connectivity index (χ1) is 19.1. The normalized spacial score (nSPS) is 15.0. The second-order valence-corrected chi connectivity index (χ2v) is 14.3. The highest BCUT2D eigenvalue weighted by Crippen LogP contribution is 2.26. The van der Waals surface area contributed by atoms with Gasteiger partial charge in [-0.25, -0.2) is 0 Å². The minimum absolute atomic E-state index is 0.0446. The van der Waals surface area contributed by atoms with Crippen LogP contribution < -0.4 is 10.6 Å². The van der Waals surface area contributed by atoms with Crippen LogP contribution in [0.5, 0.6) is 0 Å². The van der Waals surface area contributed by atoms with Crippen molar-refractivity contribution < 1.29 is 19.1 Å². The molecule has 6 nitrogen and oxygen atoms in total. The number of Topliss-reactive ketones (excluding diaryl/α,β-unsaturated/α-hetero) is 1. The van der Waals surface area contributed by atoms with E-state index in [2.05, 4.69) is 64.3 Å². The average Bonchev–Trinajstić information content (AvgIpc) is 2.82. The van der Waals surface area contributed by atoms with Crippen molar-refractivity contribution in [3.63, 3.8) is 0 Å². The fraction of sp³-hybridized carbons (Fsp3) is 0.886. The number of hydrogen-bond acceptors (Lipinski definition) is 5. The Kier molecular flexibility index (Phi) is 20.0. The van der Waals surface area contributed by atoms with E-state index in [-0.39, 0.29) is 17.7 Å². The smallest absolute Gasteiger partial charge is 0.222 e. The number of rotatable bonds is 25. The molecular formula is C35H68N2O4. The second kappa shape index (κ2) is 20.6. The van der Waals surface area contributed by atoms with E-state index < -0.39 is 16.7 Å². The number of carbonyl (C=O) groups excluding carboxylic acids is 2. The fourth-order valence-electron chi connectivity index (χ4n) is 4.94. The van der Waals surface area contributed by atoms with E-state index in [9.17, 15) is 9.59 Å². The lowest BCUT2D eigenvalue weighted by atomic mass is 9.83. The van der Waals surface area contributed by atoms with Crippen LogP contribution in [0, 0.1) is 11.8 Å². The predicted octanol–water partition coefficient (Wildman–Crippen LogP) is 8.18. The molecule has 0 aromatic carbocycles. The van der Waals surface area contributed by atoms with Gasteiger partial charge in [-0.05, 0) is 98.3 Å². The zero-order valence-electron chi connectivity index (χ0n) is 28.9. The van der Waals surface area contributed by atoms with Crippen LogP contribution in [0.2, 0.25) is 0 Å². The summed E-state index contributed by atoms with van der Waals surface area (Å²) < 4.78 is 12.1. The molecule has 1 amide bonds. The summed E-state index contributed by atoms with van der Waals surface area (Å²) in [7, 11) is 0. The maximum atomic E-state index is 13.8. The molecule has 0 radical (unpaired) electrons. The minimum Gasteiger partial charge on any atom is -0.375 e. The van der Waals surface area contributed by atoms with Crippen molar-refractivity contribution >= 4 is 11.7 Å². The number of hydrogen-bond donors (Lipinski definition) is 2. The summed E-state index contributed by atoms with van der Waals surface area (Å²) in [4.78, 5) is 26.3. The van der Waals surface area contributed by atoms with Crippen LogP contribution in [0.3, 0.4) is 0 Å². The first kappa shape index (κ1) is 39.8. The summed E-state index contributed by atoms with van der Waals surface area (Å²) in [5.74, 6) is 1.44. The number of amides is 1. The molecule has 0 aliphatic rings. The van der Waals surface area contributed by atoms with Gasteiger partial charge in [0.15, 0.2) is 5.78 Å². The Bertz CT molecular complexity index is 744. The van der Waals surface area contributed by atoms with Crippen molar-refractivity contribution in [2.75, 3.05) is 19.8 Å². The lowest BCUT2D eigenvalue weighted by Crippen LogP contribution is -2.55. The standard InChI is InChI=1S/C35H68N2O4/c1-12-14-16-22-35(11,31(38)26-33(7,8)40-24-20-28(3)4)37-30(18-13-2)19-15-17-23-36-32(39)27-34(9,10)41-25-21-29(5)6/h12,14,28-30,37H,13,15-27H2,1-11H3,(H,36,39). The number of allylic oxidation sites excluding steroid dienone is 2. The van der Waals surface area contributed by atoms with Crippen molar-refractivity contribution in [1.82, 2.24) is 10.6 Å². The van der Waals surface area contributed by atoms with Gasteiger partial charge in [0.1, 0.15) is 0 Å². The van der Waals surface area contributed by atoms with Gasteiger partial charge in [0.25, 0.3) is 0 Å². The van der Waals surface area contributed by atoms with Gasteiger partial charge in [-0.15, -0.1) is 0 Å². The molecule has 0 heterocycles. The summed E-state index contributed by atoms with van der Waals surface area (Å²) in [6.07, 6.45) is 13.6. The highest BCUT2D eigenvalue weighted by molar-refractivity contribution is 5.88.